The van der Waals surface area contributed by atoms with Gasteiger partial charge in [0.1, 0.15) is 0 Å². The first-order chi connectivity index (χ1) is 9.25. The molecule has 1 amide bonds. The van der Waals surface area contributed by atoms with E-state index in [2.05, 4.69) is 21.2 Å². The van der Waals surface area contributed by atoms with Gasteiger partial charge in [0.2, 0.25) is 0 Å². The van der Waals surface area contributed by atoms with Crippen LogP contribution in [0.5, 0.6) is 0 Å². The van der Waals surface area contributed by atoms with Gasteiger partial charge in [-0.1, -0.05) is 6.92 Å². The third kappa shape index (κ3) is 4.98. The van der Waals surface area contributed by atoms with Crippen molar-refractivity contribution in [1.29, 1.82) is 0 Å². The van der Waals surface area contributed by atoms with Crippen molar-refractivity contribution in [3.8, 4) is 0 Å². The molecule has 0 spiro atoms. The maximum absolute atomic E-state index is 12.6. The normalized spacial score (nSPS) is 13.1. The summed E-state index contributed by atoms with van der Waals surface area (Å²) in [7, 11) is 0. The summed E-state index contributed by atoms with van der Waals surface area (Å²) in [6.07, 6.45) is -3.13. The minimum Gasteiger partial charge on any atom is -0.352 e. The molecule has 0 fully saturated rings. The summed E-state index contributed by atoms with van der Waals surface area (Å²) >= 11 is 8.98. The first-order valence-corrected chi connectivity index (χ1v) is 7.27. The summed E-state index contributed by atoms with van der Waals surface area (Å²) in [6, 6.07) is 2.97. The van der Waals surface area contributed by atoms with E-state index < -0.39 is 17.6 Å². The number of carbonyl (C=O) groups excluding carboxylic acids is 1. The molecule has 0 saturated heterocycles. The number of hydrogen-bond acceptors (Lipinski definition) is 1. The predicted octanol–water partition coefficient (Wildman–Crippen LogP) is 4.61. The zero-order valence-corrected chi connectivity index (χ0v) is 13.1. The Balaban J connectivity index is 2.77. The third-order valence-electron chi connectivity index (χ3n) is 2.72. The van der Waals surface area contributed by atoms with E-state index in [4.69, 9.17) is 11.6 Å². The van der Waals surface area contributed by atoms with Crippen LogP contribution >= 0.6 is 27.5 Å². The van der Waals surface area contributed by atoms with Crippen molar-refractivity contribution in [2.75, 3.05) is 6.54 Å². The third-order valence-corrected chi connectivity index (χ3v) is 3.94. The van der Waals surface area contributed by atoms with E-state index in [-0.39, 0.29) is 10.9 Å². The lowest BCUT2D eigenvalue weighted by molar-refractivity contribution is -0.137. The second-order valence-corrected chi connectivity index (χ2v) is 5.71. The fourth-order valence-electron chi connectivity index (χ4n) is 1.52. The molecule has 7 heteroatoms. The topological polar surface area (TPSA) is 29.1 Å². The van der Waals surface area contributed by atoms with Gasteiger partial charge in [0.25, 0.3) is 5.91 Å². The molecule has 2 nitrogen and oxygen atoms in total. The van der Waals surface area contributed by atoms with Gasteiger partial charge >= 0.3 is 6.18 Å². The second kappa shape index (κ2) is 7.31. The minimum atomic E-state index is -4.47. The number of rotatable bonds is 5. The summed E-state index contributed by atoms with van der Waals surface area (Å²) in [5.74, 6) is -0.553. The van der Waals surface area contributed by atoms with Crippen molar-refractivity contribution in [1.82, 2.24) is 5.32 Å². The average molecular weight is 373 g/mol. The van der Waals surface area contributed by atoms with Crippen LogP contribution in [0.15, 0.2) is 22.7 Å². The molecule has 1 aromatic rings. The summed E-state index contributed by atoms with van der Waals surface area (Å²) in [6.45, 7) is 2.24. The number of benzene rings is 1. The first-order valence-electron chi connectivity index (χ1n) is 6.04. The summed E-state index contributed by atoms with van der Waals surface area (Å²) in [5, 5.41) is 2.51. The highest BCUT2D eigenvalue weighted by Crippen LogP contribution is 2.31. The Hall–Kier alpha value is -0.750. The molecule has 0 saturated carbocycles. The number of hydrogen-bond donors (Lipinski definition) is 1. The Kier molecular flexibility index (Phi) is 6.33. The van der Waals surface area contributed by atoms with Gasteiger partial charge in [-0.25, -0.2) is 0 Å². The number of carbonyl (C=O) groups is 1. The Morgan fingerprint density at radius 1 is 1.45 bits per heavy atom. The highest BCUT2D eigenvalue weighted by Gasteiger charge is 2.31. The monoisotopic (exact) mass is 371 g/mol. The van der Waals surface area contributed by atoms with E-state index in [1.54, 1.807) is 0 Å². The molecule has 1 aromatic carbocycles. The Morgan fingerprint density at radius 3 is 2.65 bits per heavy atom. The van der Waals surface area contributed by atoms with Crippen LogP contribution in [-0.4, -0.2) is 17.8 Å². The largest absolute Gasteiger partial charge is 0.416 e. The number of alkyl halides is 4. The first kappa shape index (κ1) is 17.3. The van der Waals surface area contributed by atoms with Crippen molar-refractivity contribution in [2.45, 2.75) is 31.3 Å². The lowest BCUT2D eigenvalue weighted by atomic mass is 10.1. The van der Waals surface area contributed by atoms with Gasteiger partial charge in [-0.05, 0) is 47.0 Å². The van der Waals surface area contributed by atoms with E-state index in [0.29, 0.717) is 17.4 Å². The van der Waals surface area contributed by atoms with Crippen LogP contribution in [0.2, 0.25) is 0 Å². The fraction of sp³-hybridized carbons (Fsp3) is 0.462. The summed E-state index contributed by atoms with van der Waals surface area (Å²) in [4.78, 5) is 11.9. The van der Waals surface area contributed by atoms with Gasteiger partial charge in [0.15, 0.2) is 0 Å². The Morgan fingerprint density at radius 2 is 2.10 bits per heavy atom. The van der Waals surface area contributed by atoms with Crippen LogP contribution in [0.4, 0.5) is 13.2 Å². The van der Waals surface area contributed by atoms with Gasteiger partial charge in [-0.3, -0.25) is 4.79 Å². The zero-order chi connectivity index (χ0) is 15.3. The van der Waals surface area contributed by atoms with E-state index in [9.17, 15) is 18.0 Å². The molecule has 1 rings (SSSR count). The van der Waals surface area contributed by atoms with Gasteiger partial charge < -0.3 is 5.32 Å². The zero-order valence-electron chi connectivity index (χ0n) is 10.7. The molecular weight excluding hydrogens is 358 g/mol. The molecule has 0 aliphatic heterocycles. The van der Waals surface area contributed by atoms with Crippen LogP contribution in [0, 0.1) is 0 Å². The van der Waals surface area contributed by atoms with E-state index in [0.717, 1.165) is 18.6 Å². The van der Waals surface area contributed by atoms with E-state index >= 15 is 0 Å². The van der Waals surface area contributed by atoms with Crippen molar-refractivity contribution >= 4 is 33.4 Å². The number of amides is 1. The molecule has 0 aliphatic rings. The van der Waals surface area contributed by atoms with Gasteiger partial charge in [0, 0.05) is 16.4 Å². The maximum atomic E-state index is 12.6. The smallest absolute Gasteiger partial charge is 0.352 e. The van der Waals surface area contributed by atoms with Gasteiger partial charge in [-0.2, -0.15) is 13.2 Å². The van der Waals surface area contributed by atoms with Gasteiger partial charge in [-0.15, -0.1) is 11.6 Å². The lowest BCUT2D eigenvalue weighted by Gasteiger charge is -2.12. The molecule has 112 valence electrons. The van der Waals surface area contributed by atoms with Crippen LogP contribution in [0.3, 0.4) is 0 Å². The van der Waals surface area contributed by atoms with Gasteiger partial charge in [0.05, 0.1) is 11.1 Å². The van der Waals surface area contributed by atoms with Crippen LogP contribution < -0.4 is 5.32 Å². The van der Waals surface area contributed by atoms with Crippen LogP contribution in [0.25, 0.3) is 0 Å². The quantitative estimate of drug-likeness (QED) is 0.752. The Bertz CT molecular complexity index is 479. The average Bonchev–Trinajstić information content (AvgIpc) is 2.37. The maximum Gasteiger partial charge on any atom is 0.416 e. The van der Waals surface area contributed by atoms with Crippen molar-refractivity contribution in [2.24, 2.45) is 0 Å². The van der Waals surface area contributed by atoms with Crippen molar-refractivity contribution < 1.29 is 18.0 Å². The molecule has 0 aliphatic carbocycles. The minimum absolute atomic E-state index is 0.0394. The van der Waals surface area contributed by atoms with Crippen LogP contribution in [0.1, 0.15) is 35.7 Å². The highest BCUT2D eigenvalue weighted by molar-refractivity contribution is 9.10. The molecule has 1 atom stereocenters. The lowest BCUT2D eigenvalue weighted by Crippen LogP contribution is -2.26. The van der Waals surface area contributed by atoms with E-state index in [1.165, 1.54) is 6.07 Å². The molecular formula is C13H14BrClF3NO. The molecule has 0 radical (unpaired) electrons. The number of halogens is 5. The van der Waals surface area contributed by atoms with Crippen LogP contribution in [-0.2, 0) is 6.18 Å². The van der Waals surface area contributed by atoms with E-state index in [1.807, 2.05) is 6.92 Å². The fourth-order valence-corrected chi connectivity index (χ4v) is 2.05. The summed E-state index contributed by atoms with van der Waals surface area (Å²) < 4.78 is 38.1. The highest BCUT2D eigenvalue weighted by atomic mass is 79.9. The van der Waals surface area contributed by atoms with Crippen molar-refractivity contribution in [3.05, 3.63) is 33.8 Å². The standard InChI is InChI=1S/C13H14BrClF3NO/c1-2-9(15)5-6-19-12(20)10-7-8(13(16,17)18)3-4-11(10)14/h3-4,7,9H,2,5-6H2,1H3,(H,19,20). The molecule has 0 bridgehead atoms. The Labute approximate surface area is 128 Å². The molecule has 20 heavy (non-hydrogen) atoms. The predicted molar refractivity (Wildman–Crippen MR) is 76.0 cm³/mol. The summed E-state index contributed by atoms with van der Waals surface area (Å²) in [5.41, 5.74) is -0.892. The second-order valence-electron chi connectivity index (χ2n) is 4.24. The number of nitrogens with one attached hydrogen (secondary N) is 1. The molecule has 0 heterocycles. The van der Waals surface area contributed by atoms with Crippen molar-refractivity contribution in [3.63, 3.8) is 0 Å². The molecule has 1 N–H and O–H groups in total. The molecule has 0 aromatic heterocycles. The molecule has 1 unspecified atom stereocenters. The SMILES string of the molecule is CCC(Cl)CCNC(=O)c1cc(C(F)(F)F)ccc1Br.